The quantitative estimate of drug-likeness (QED) is 0.615. The minimum Gasteiger partial charge on any atom is -0.486 e. The molecule has 1 aliphatic carbocycles. The van der Waals surface area contributed by atoms with Gasteiger partial charge in [-0.05, 0) is 70.2 Å². The molecule has 0 spiro atoms. The Balaban J connectivity index is 1.51. The molecule has 2 aliphatic rings. The van der Waals surface area contributed by atoms with E-state index in [1.807, 2.05) is 20.8 Å². The number of aromatic nitrogens is 2. The summed E-state index contributed by atoms with van der Waals surface area (Å²) in [6.07, 6.45) is 3.71. The van der Waals surface area contributed by atoms with Crippen LogP contribution in [-0.2, 0) is 4.74 Å². The highest BCUT2D eigenvalue weighted by molar-refractivity contribution is 6.28. The number of carbonyl (C=O) groups is 1. The first-order chi connectivity index (χ1) is 15.6. The summed E-state index contributed by atoms with van der Waals surface area (Å²) in [6, 6.07) is 3.05. The molecule has 10 heteroatoms. The molecule has 0 unspecified atom stereocenters. The molecule has 0 atom stereocenters. The van der Waals surface area contributed by atoms with Gasteiger partial charge < -0.3 is 19.7 Å². The fourth-order valence-electron chi connectivity index (χ4n) is 4.37. The summed E-state index contributed by atoms with van der Waals surface area (Å²) >= 11 is 5.83. The van der Waals surface area contributed by atoms with Crippen molar-refractivity contribution in [2.75, 3.05) is 18.1 Å². The zero-order valence-electron chi connectivity index (χ0n) is 18.8. The average molecular weight is 481 g/mol. The van der Waals surface area contributed by atoms with E-state index in [1.54, 1.807) is 6.07 Å². The second-order valence-corrected chi connectivity index (χ2v) is 9.67. The van der Waals surface area contributed by atoms with Crippen molar-refractivity contribution >= 4 is 23.4 Å². The van der Waals surface area contributed by atoms with Crippen LogP contribution in [0.3, 0.4) is 0 Å². The van der Waals surface area contributed by atoms with Crippen LogP contribution in [0.5, 0.6) is 5.75 Å². The molecule has 2 aromatic rings. The van der Waals surface area contributed by atoms with E-state index in [-0.39, 0.29) is 34.4 Å². The standard InChI is InChI=1S/C23H27ClF2N4O3/c1-23(2,3)33-22(31)28-14-4-6-15(7-5-14)30-8-9-32-20-16(25)10-13(11-18(20)30)19-17(26)12-27-21(24)29-19/h10-12,14-15H,4-9H2,1-3H3,(H,28,31). The van der Waals surface area contributed by atoms with Crippen LogP contribution in [0.2, 0.25) is 5.28 Å². The lowest BCUT2D eigenvalue weighted by atomic mass is 9.89. The number of anilines is 1. The zero-order chi connectivity index (χ0) is 23.8. The van der Waals surface area contributed by atoms with Gasteiger partial charge in [-0.25, -0.2) is 23.5 Å². The van der Waals surface area contributed by atoms with E-state index in [9.17, 15) is 13.6 Å². The van der Waals surface area contributed by atoms with Gasteiger partial charge >= 0.3 is 6.09 Å². The summed E-state index contributed by atoms with van der Waals surface area (Å²) < 4.78 is 40.2. The molecule has 4 rings (SSSR count). The number of nitrogens with zero attached hydrogens (tertiary/aromatic N) is 3. The molecule has 0 radical (unpaired) electrons. The number of hydrogen-bond donors (Lipinski definition) is 1. The van der Waals surface area contributed by atoms with Gasteiger partial charge in [0.25, 0.3) is 0 Å². The molecule has 33 heavy (non-hydrogen) atoms. The van der Waals surface area contributed by atoms with Crippen molar-refractivity contribution in [3.63, 3.8) is 0 Å². The third kappa shape index (κ3) is 5.46. The lowest BCUT2D eigenvalue weighted by Crippen LogP contribution is -2.47. The molecule has 1 aromatic heterocycles. The molecule has 1 aromatic carbocycles. The highest BCUT2D eigenvalue weighted by Gasteiger charge is 2.32. The summed E-state index contributed by atoms with van der Waals surface area (Å²) in [7, 11) is 0. The molecule has 0 bridgehead atoms. The van der Waals surface area contributed by atoms with E-state index >= 15 is 0 Å². The van der Waals surface area contributed by atoms with E-state index in [4.69, 9.17) is 21.1 Å². The Morgan fingerprint density at radius 1 is 1.21 bits per heavy atom. The van der Waals surface area contributed by atoms with E-state index in [0.717, 1.165) is 31.9 Å². The summed E-state index contributed by atoms with van der Waals surface area (Å²) in [5.41, 5.74) is 0.221. The van der Waals surface area contributed by atoms with Crippen molar-refractivity contribution in [1.82, 2.24) is 15.3 Å². The van der Waals surface area contributed by atoms with E-state index in [2.05, 4.69) is 20.2 Å². The van der Waals surface area contributed by atoms with Gasteiger partial charge in [-0.1, -0.05) is 0 Å². The Hall–Kier alpha value is -2.68. The molecular weight excluding hydrogens is 454 g/mol. The van der Waals surface area contributed by atoms with Crippen molar-refractivity contribution in [2.45, 2.75) is 64.1 Å². The van der Waals surface area contributed by atoms with Crippen molar-refractivity contribution in [3.8, 4) is 17.0 Å². The van der Waals surface area contributed by atoms with Gasteiger partial charge in [0.05, 0.1) is 18.4 Å². The Bertz CT molecular complexity index is 1040. The van der Waals surface area contributed by atoms with Gasteiger partial charge in [-0.3, -0.25) is 0 Å². The summed E-state index contributed by atoms with van der Waals surface area (Å²) in [5.74, 6) is -1.11. The maximum atomic E-state index is 14.9. The number of amides is 1. The number of halogens is 3. The fourth-order valence-corrected chi connectivity index (χ4v) is 4.51. The van der Waals surface area contributed by atoms with Crippen LogP contribution in [0.15, 0.2) is 18.3 Å². The first-order valence-corrected chi connectivity index (χ1v) is 11.4. The topological polar surface area (TPSA) is 76.6 Å². The van der Waals surface area contributed by atoms with Crippen LogP contribution in [-0.4, -0.2) is 46.9 Å². The van der Waals surface area contributed by atoms with Crippen LogP contribution < -0.4 is 15.0 Å². The average Bonchev–Trinajstić information content (AvgIpc) is 2.74. The predicted molar refractivity (Wildman–Crippen MR) is 121 cm³/mol. The number of ether oxygens (including phenoxy) is 2. The van der Waals surface area contributed by atoms with Gasteiger partial charge in [0.1, 0.15) is 17.9 Å². The van der Waals surface area contributed by atoms with Gasteiger partial charge in [0.15, 0.2) is 17.4 Å². The Kier molecular flexibility index (Phi) is 6.61. The SMILES string of the molecule is CC(C)(C)OC(=O)NC1CCC(N2CCOc3c(F)cc(-c4nc(Cl)ncc4F)cc32)CC1. The Labute approximate surface area is 196 Å². The largest absolute Gasteiger partial charge is 0.486 e. The molecule has 0 saturated heterocycles. The minimum atomic E-state index is -0.684. The molecule has 1 aliphatic heterocycles. The monoisotopic (exact) mass is 480 g/mol. The second-order valence-electron chi connectivity index (χ2n) is 9.34. The Morgan fingerprint density at radius 3 is 2.64 bits per heavy atom. The number of benzene rings is 1. The predicted octanol–water partition coefficient (Wildman–Crippen LogP) is 5.11. The van der Waals surface area contributed by atoms with Crippen molar-refractivity contribution < 1.29 is 23.0 Å². The molecule has 7 nitrogen and oxygen atoms in total. The van der Waals surface area contributed by atoms with Gasteiger partial charge in [-0.2, -0.15) is 0 Å². The number of alkyl carbamates (subject to hydrolysis) is 1. The van der Waals surface area contributed by atoms with Crippen molar-refractivity contribution in [1.29, 1.82) is 0 Å². The van der Waals surface area contributed by atoms with Gasteiger partial charge in [-0.15, -0.1) is 0 Å². The van der Waals surface area contributed by atoms with E-state index < -0.39 is 23.3 Å². The molecule has 1 amide bonds. The summed E-state index contributed by atoms with van der Waals surface area (Å²) in [6.45, 7) is 6.42. The fraction of sp³-hybridized carbons (Fsp3) is 0.522. The number of nitrogens with one attached hydrogen (secondary N) is 1. The molecular formula is C23H27ClF2N4O3. The van der Waals surface area contributed by atoms with Gasteiger partial charge in [0, 0.05) is 17.6 Å². The van der Waals surface area contributed by atoms with Crippen LogP contribution in [0, 0.1) is 11.6 Å². The molecule has 1 saturated carbocycles. The first kappa shape index (κ1) is 23.5. The van der Waals surface area contributed by atoms with Crippen molar-refractivity contribution in [2.24, 2.45) is 0 Å². The highest BCUT2D eigenvalue weighted by atomic mass is 35.5. The van der Waals surface area contributed by atoms with Crippen LogP contribution in [0.25, 0.3) is 11.3 Å². The van der Waals surface area contributed by atoms with E-state index in [1.165, 1.54) is 6.07 Å². The summed E-state index contributed by atoms with van der Waals surface area (Å²) in [4.78, 5) is 21.7. The molecule has 178 valence electrons. The normalized spacial score (nSPS) is 20.6. The number of rotatable bonds is 3. The maximum Gasteiger partial charge on any atom is 0.407 e. The maximum absolute atomic E-state index is 14.9. The van der Waals surface area contributed by atoms with Crippen LogP contribution in [0.1, 0.15) is 46.5 Å². The summed E-state index contributed by atoms with van der Waals surface area (Å²) in [5, 5.41) is 2.82. The minimum absolute atomic E-state index is 0.0249. The molecule has 2 heterocycles. The molecule has 1 fully saturated rings. The van der Waals surface area contributed by atoms with Crippen LogP contribution in [0.4, 0.5) is 19.3 Å². The lowest BCUT2D eigenvalue weighted by molar-refractivity contribution is 0.0491. The second kappa shape index (κ2) is 9.29. The number of fused-ring (bicyclic) bond motifs is 1. The highest BCUT2D eigenvalue weighted by Crippen LogP contribution is 2.41. The van der Waals surface area contributed by atoms with Gasteiger partial charge in [0.2, 0.25) is 5.28 Å². The zero-order valence-corrected chi connectivity index (χ0v) is 19.6. The number of hydrogen-bond acceptors (Lipinski definition) is 6. The van der Waals surface area contributed by atoms with Crippen molar-refractivity contribution in [3.05, 3.63) is 35.2 Å². The van der Waals surface area contributed by atoms with Crippen LogP contribution >= 0.6 is 11.6 Å². The number of carbonyl (C=O) groups excluding carboxylic acids is 1. The Morgan fingerprint density at radius 2 is 1.94 bits per heavy atom. The third-order valence-electron chi connectivity index (χ3n) is 5.76. The molecule has 1 N–H and O–H groups in total. The third-order valence-corrected chi connectivity index (χ3v) is 5.94. The lowest BCUT2D eigenvalue weighted by Gasteiger charge is -2.41. The first-order valence-electron chi connectivity index (χ1n) is 11.0. The smallest absolute Gasteiger partial charge is 0.407 e. The van der Waals surface area contributed by atoms with E-state index in [0.29, 0.717) is 18.8 Å².